The fourth-order valence-electron chi connectivity index (χ4n) is 1.14. The molecule has 0 heterocycles. The molecule has 1 aromatic rings. The Morgan fingerprint density at radius 1 is 1.36 bits per heavy atom. The van der Waals surface area contributed by atoms with Crippen LogP contribution in [0.3, 0.4) is 0 Å². The normalized spacial score (nSPS) is 9.86. The second-order valence-electron chi connectivity index (χ2n) is 3.10. The second kappa shape index (κ2) is 5.66. The molecule has 0 N–H and O–H groups in total. The molecule has 0 amide bonds. The highest BCUT2D eigenvalue weighted by atomic mass is 35.5. The molecule has 0 unspecified atom stereocenters. The van der Waals surface area contributed by atoms with Gasteiger partial charge in [0.05, 0.1) is 0 Å². The number of halogens is 1. The molecule has 0 fully saturated rings. The maximum atomic E-state index is 10.7. The van der Waals surface area contributed by atoms with Gasteiger partial charge in [0.1, 0.15) is 11.5 Å². The molecule has 0 spiro atoms. The zero-order valence-electron chi connectivity index (χ0n) is 8.13. The van der Waals surface area contributed by atoms with Gasteiger partial charge in [-0.05, 0) is 31.0 Å². The Kier molecular flexibility index (Phi) is 4.47. The van der Waals surface area contributed by atoms with Crippen molar-refractivity contribution in [3.05, 3.63) is 29.8 Å². The summed E-state index contributed by atoms with van der Waals surface area (Å²) in [4.78, 5) is 10.7. The summed E-state index contributed by atoms with van der Waals surface area (Å²) in [6.45, 7) is 1.60. The zero-order chi connectivity index (χ0) is 10.4. The Labute approximate surface area is 88.8 Å². The monoisotopic (exact) mass is 212 g/mol. The predicted octanol–water partition coefficient (Wildman–Crippen LogP) is 2.78. The predicted molar refractivity (Wildman–Crippen MR) is 56.8 cm³/mol. The van der Waals surface area contributed by atoms with Crippen molar-refractivity contribution in [3.63, 3.8) is 0 Å². The Hall–Kier alpha value is -1.02. The number of aryl methyl sites for hydroxylation is 1. The topological polar surface area (TPSA) is 26.3 Å². The number of alkyl halides is 1. The van der Waals surface area contributed by atoms with E-state index in [-0.39, 0.29) is 11.8 Å². The maximum absolute atomic E-state index is 10.7. The highest BCUT2D eigenvalue weighted by molar-refractivity contribution is 6.17. The molecule has 1 rings (SSSR count). The Bertz CT molecular complexity index is 293. The second-order valence-corrected chi connectivity index (χ2v) is 3.32. The Morgan fingerprint density at radius 2 is 2.00 bits per heavy atom. The number of carbonyl (C=O) groups excluding carboxylic acids is 1. The van der Waals surface area contributed by atoms with E-state index < -0.39 is 0 Å². The van der Waals surface area contributed by atoms with Crippen LogP contribution in [0.1, 0.15) is 18.9 Å². The molecule has 0 aliphatic rings. The molecule has 0 aliphatic carbocycles. The molecule has 76 valence electrons. The summed E-state index contributed by atoms with van der Waals surface area (Å²) in [5.41, 5.74) is 1.14. The van der Waals surface area contributed by atoms with Crippen LogP contribution in [0.25, 0.3) is 0 Å². The first kappa shape index (κ1) is 11.1. The molecule has 0 aliphatic heterocycles. The van der Waals surface area contributed by atoms with Gasteiger partial charge in [0.15, 0.2) is 6.07 Å². The van der Waals surface area contributed by atoms with Crippen molar-refractivity contribution in [2.75, 3.05) is 6.07 Å². The standard InChI is InChI=1S/C11H13ClO2/c1-9(13)2-3-10-4-6-11(7-5-10)14-8-12/h4-7H,2-3,8H2,1H3. The van der Waals surface area contributed by atoms with Gasteiger partial charge in [0.2, 0.25) is 0 Å². The highest BCUT2D eigenvalue weighted by Gasteiger charge is 1.97. The van der Waals surface area contributed by atoms with Gasteiger partial charge in [-0.15, -0.1) is 0 Å². The molecule has 0 radical (unpaired) electrons. The minimum atomic E-state index is 0.160. The summed E-state index contributed by atoms with van der Waals surface area (Å²) < 4.78 is 5.08. The van der Waals surface area contributed by atoms with Crippen LogP contribution in [0.2, 0.25) is 0 Å². The van der Waals surface area contributed by atoms with Gasteiger partial charge >= 0.3 is 0 Å². The SMILES string of the molecule is CC(=O)CCc1ccc(OCCl)cc1. The van der Waals surface area contributed by atoms with Crippen LogP contribution in [0.15, 0.2) is 24.3 Å². The Balaban J connectivity index is 2.50. The van der Waals surface area contributed by atoms with E-state index in [1.54, 1.807) is 6.92 Å². The number of Topliss-reactive ketones (excluding diaryl/α,β-unsaturated/α-hetero) is 1. The minimum Gasteiger partial charge on any atom is -0.478 e. The Morgan fingerprint density at radius 3 is 2.50 bits per heavy atom. The van der Waals surface area contributed by atoms with Gasteiger partial charge in [-0.1, -0.05) is 23.7 Å². The molecular weight excluding hydrogens is 200 g/mol. The third kappa shape index (κ3) is 3.79. The lowest BCUT2D eigenvalue weighted by Gasteiger charge is -2.03. The first-order chi connectivity index (χ1) is 6.72. The van der Waals surface area contributed by atoms with Gasteiger partial charge in [-0.25, -0.2) is 0 Å². The number of hydrogen-bond donors (Lipinski definition) is 0. The molecule has 0 atom stereocenters. The lowest BCUT2D eigenvalue weighted by Crippen LogP contribution is -1.94. The van der Waals surface area contributed by atoms with Gasteiger partial charge in [-0.3, -0.25) is 0 Å². The quantitative estimate of drug-likeness (QED) is 0.702. The van der Waals surface area contributed by atoms with Gasteiger partial charge in [0.25, 0.3) is 0 Å². The van der Waals surface area contributed by atoms with Crippen molar-refractivity contribution in [1.29, 1.82) is 0 Å². The number of rotatable bonds is 5. The summed E-state index contributed by atoms with van der Waals surface area (Å²) in [6.07, 6.45) is 1.38. The van der Waals surface area contributed by atoms with Crippen LogP contribution in [-0.2, 0) is 11.2 Å². The number of benzene rings is 1. The molecule has 3 heteroatoms. The lowest BCUT2D eigenvalue weighted by atomic mass is 10.1. The summed E-state index contributed by atoms with van der Waals surface area (Å²) >= 11 is 5.41. The summed E-state index contributed by atoms with van der Waals surface area (Å²) in [5, 5.41) is 0. The van der Waals surface area contributed by atoms with Crippen LogP contribution in [-0.4, -0.2) is 11.8 Å². The molecular formula is C11H13ClO2. The van der Waals surface area contributed by atoms with E-state index in [0.717, 1.165) is 17.7 Å². The molecule has 0 bridgehead atoms. The van der Waals surface area contributed by atoms with E-state index in [1.165, 1.54) is 0 Å². The van der Waals surface area contributed by atoms with Gasteiger partial charge in [-0.2, -0.15) is 0 Å². The van der Waals surface area contributed by atoms with E-state index in [1.807, 2.05) is 24.3 Å². The van der Waals surface area contributed by atoms with E-state index in [4.69, 9.17) is 16.3 Å². The van der Waals surface area contributed by atoms with E-state index >= 15 is 0 Å². The van der Waals surface area contributed by atoms with E-state index in [2.05, 4.69) is 0 Å². The minimum absolute atomic E-state index is 0.160. The fraction of sp³-hybridized carbons (Fsp3) is 0.364. The third-order valence-corrected chi connectivity index (χ3v) is 2.02. The summed E-state index contributed by atoms with van der Waals surface area (Å²) in [7, 11) is 0. The van der Waals surface area contributed by atoms with Gasteiger partial charge < -0.3 is 9.53 Å². The van der Waals surface area contributed by atoms with Crippen LogP contribution < -0.4 is 4.74 Å². The average molecular weight is 213 g/mol. The van der Waals surface area contributed by atoms with Crippen molar-refractivity contribution < 1.29 is 9.53 Å². The molecule has 1 aromatic carbocycles. The van der Waals surface area contributed by atoms with Crippen LogP contribution in [0.4, 0.5) is 0 Å². The smallest absolute Gasteiger partial charge is 0.162 e. The third-order valence-electron chi connectivity index (χ3n) is 1.91. The number of ether oxygens (including phenoxy) is 1. The zero-order valence-corrected chi connectivity index (χ0v) is 8.88. The van der Waals surface area contributed by atoms with Crippen molar-refractivity contribution in [2.45, 2.75) is 19.8 Å². The fourth-order valence-corrected chi connectivity index (χ4v) is 1.26. The maximum Gasteiger partial charge on any atom is 0.162 e. The van der Waals surface area contributed by atoms with Crippen molar-refractivity contribution in [1.82, 2.24) is 0 Å². The highest BCUT2D eigenvalue weighted by Crippen LogP contribution is 2.13. The average Bonchev–Trinajstić information content (AvgIpc) is 2.17. The lowest BCUT2D eigenvalue weighted by molar-refractivity contribution is -0.116. The van der Waals surface area contributed by atoms with Gasteiger partial charge in [0, 0.05) is 6.42 Å². The number of hydrogen-bond acceptors (Lipinski definition) is 2. The molecule has 0 aromatic heterocycles. The van der Waals surface area contributed by atoms with E-state index in [9.17, 15) is 4.79 Å². The van der Waals surface area contributed by atoms with E-state index in [0.29, 0.717) is 6.42 Å². The van der Waals surface area contributed by atoms with Crippen molar-refractivity contribution >= 4 is 17.4 Å². The number of carbonyl (C=O) groups is 1. The first-order valence-corrected chi connectivity index (χ1v) is 5.03. The summed E-state index contributed by atoms with van der Waals surface area (Å²) in [6, 6.07) is 7.78. The van der Waals surface area contributed by atoms with Crippen LogP contribution >= 0.6 is 11.6 Å². The van der Waals surface area contributed by atoms with Crippen LogP contribution in [0.5, 0.6) is 5.75 Å². The largest absolute Gasteiger partial charge is 0.478 e. The number of ketones is 1. The van der Waals surface area contributed by atoms with Crippen molar-refractivity contribution in [3.8, 4) is 5.75 Å². The molecule has 0 saturated heterocycles. The molecule has 2 nitrogen and oxygen atoms in total. The molecule has 14 heavy (non-hydrogen) atoms. The van der Waals surface area contributed by atoms with Crippen molar-refractivity contribution in [2.24, 2.45) is 0 Å². The summed E-state index contributed by atoms with van der Waals surface area (Å²) in [5.74, 6) is 0.970. The molecule has 0 saturated carbocycles. The van der Waals surface area contributed by atoms with Crippen LogP contribution in [0, 0.1) is 0 Å². The first-order valence-electron chi connectivity index (χ1n) is 4.49.